The zero-order valence-corrected chi connectivity index (χ0v) is 11.9. The molecule has 0 saturated carbocycles. The van der Waals surface area contributed by atoms with E-state index in [2.05, 4.69) is 12.0 Å². The summed E-state index contributed by atoms with van der Waals surface area (Å²) < 4.78 is 0. The highest BCUT2D eigenvalue weighted by Gasteiger charge is 2.21. The maximum atomic E-state index is 9.61. The lowest BCUT2D eigenvalue weighted by Gasteiger charge is -2.25. The van der Waals surface area contributed by atoms with Crippen LogP contribution in [-0.2, 0) is 14.8 Å². The maximum absolute atomic E-state index is 9.61. The average molecular weight is 276 g/mol. The van der Waals surface area contributed by atoms with Gasteiger partial charge in [-0.1, -0.05) is 44.1 Å². The van der Waals surface area contributed by atoms with Crippen LogP contribution < -0.4 is 0 Å². The highest BCUT2D eigenvalue weighted by molar-refractivity contribution is 4.70. The zero-order chi connectivity index (χ0) is 13.9. The number of aliphatic hydroxyl groups excluding tert-OH is 2. The Kier molecular flexibility index (Phi) is 9.38. The molecule has 1 heterocycles. The van der Waals surface area contributed by atoms with Gasteiger partial charge in [0, 0.05) is 0 Å². The lowest BCUT2D eigenvalue weighted by atomic mass is 9.85. The molecule has 19 heavy (non-hydrogen) atoms. The van der Waals surface area contributed by atoms with Crippen LogP contribution in [0.4, 0.5) is 0 Å². The summed E-state index contributed by atoms with van der Waals surface area (Å²) in [6.45, 7) is 2.92. The van der Waals surface area contributed by atoms with Gasteiger partial charge in [0.1, 0.15) is 0 Å². The van der Waals surface area contributed by atoms with E-state index in [4.69, 9.17) is 14.9 Å². The Morgan fingerprint density at radius 3 is 2.63 bits per heavy atom. The summed E-state index contributed by atoms with van der Waals surface area (Å²) in [6, 6.07) is 0. The average Bonchev–Trinajstić information content (AvgIpc) is 2.43. The number of aliphatic hydroxyl groups is 2. The fourth-order valence-electron chi connectivity index (χ4n) is 2.50. The van der Waals surface area contributed by atoms with Gasteiger partial charge in [-0.2, -0.15) is 0 Å². The van der Waals surface area contributed by atoms with Crippen molar-refractivity contribution in [1.82, 2.24) is 0 Å². The molecule has 2 N–H and O–H groups in total. The first-order valence-corrected chi connectivity index (χ1v) is 7.44. The van der Waals surface area contributed by atoms with Gasteiger partial charge in [-0.25, -0.2) is 9.78 Å². The normalized spacial score (nSPS) is 29.8. The number of hydrogen-bond acceptors (Lipinski definition) is 5. The van der Waals surface area contributed by atoms with Gasteiger partial charge in [-0.05, 0) is 24.7 Å². The molecule has 0 radical (unpaired) electrons. The van der Waals surface area contributed by atoms with Gasteiger partial charge >= 0.3 is 0 Å². The van der Waals surface area contributed by atoms with Crippen molar-refractivity contribution in [2.24, 2.45) is 11.8 Å². The predicted molar refractivity (Wildman–Crippen MR) is 71.1 cm³/mol. The predicted octanol–water partition coefficient (Wildman–Crippen LogP) is 2.22. The quantitative estimate of drug-likeness (QED) is 0.774. The van der Waals surface area contributed by atoms with Crippen LogP contribution in [0.5, 0.6) is 0 Å². The molecule has 1 rings (SSSR count). The minimum absolute atomic E-state index is 0.177. The molecule has 1 saturated heterocycles. The first-order chi connectivity index (χ1) is 9.24. The van der Waals surface area contributed by atoms with Crippen molar-refractivity contribution in [2.75, 3.05) is 19.8 Å². The molecule has 0 aromatic carbocycles. The number of hydrogen-bond donors (Lipinski definition) is 2. The van der Waals surface area contributed by atoms with Crippen molar-refractivity contribution in [1.29, 1.82) is 0 Å². The second-order valence-corrected chi connectivity index (χ2v) is 5.54. The number of rotatable bonds is 3. The van der Waals surface area contributed by atoms with Gasteiger partial charge in [0.05, 0.1) is 25.9 Å². The second-order valence-electron chi connectivity index (χ2n) is 5.54. The standard InChI is InChI=1S/C14H28O5/c1-12-11-18-19-17-8-6-4-2-3-5-7-13(12)9-14(16)10-15/h12-16H,2-11H2,1H3. The third kappa shape index (κ3) is 7.84. The molecule has 0 aliphatic carbocycles. The largest absolute Gasteiger partial charge is 0.394 e. The molecule has 114 valence electrons. The molecule has 0 amide bonds. The van der Waals surface area contributed by atoms with E-state index in [0.29, 0.717) is 25.6 Å². The Morgan fingerprint density at radius 2 is 1.84 bits per heavy atom. The highest BCUT2D eigenvalue weighted by atomic mass is 17.5. The summed E-state index contributed by atoms with van der Waals surface area (Å²) in [4.78, 5) is 9.96. The lowest BCUT2D eigenvalue weighted by molar-refractivity contribution is -0.515. The first-order valence-electron chi connectivity index (χ1n) is 7.44. The molecule has 3 unspecified atom stereocenters. The summed E-state index contributed by atoms with van der Waals surface area (Å²) in [5.41, 5.74) is 0. The molecule has 1 aliphatic heterocycles. The molecule has 5 nitrogen and oxygen atoms in total. The van der Waals surface area contributed by atoms with E-state index in [1.807, 2.05) is 0 Å². The van der Waals surface area contributed by atoms with Crippen molar-refractivity contribution < 1.29 is 25.0 Å². The second kappa shape index (κ2) is 10.6. The maximum Gasteiger partial charge on any atom is 0.0882 e. The van der Waals surface area contributed by atoms with Crippen molar-refractivity contribution in [3.63, 3.8) is 0 Å². The molecule has 0 bridgehead atoms. The van der Waals surface area contributed by atoms with E-state index in [9.17, 15) is 5.11 Å². The lowest BCUT2D eigenvalue weighted by Crippen LogP contribution is -2.24. The molecule has 1 fully saturated rings. The zero-order valence-electron chi connectivity index (χ0n) is 11.9. The van der Waals surface area contributed by atoms with Crippen LogP contribution in [-0.4, -0.2) is 36.1 Å². The van der Waals surface area contributed by atoms with Crippen molar-refractivity contribution in [3.05, 3.63) is 0 Å². The van der Waals surface area contributed by atoms with E-state index in [1.54, 1.807) is 0 Å². The Balaban J connectivity index is 2.42. The molecule has 0 spiro atoms. The Hall–Kier alpha value is -0.200. The fraction of sp³-hybridized carbons (Fsp3) is 1.00. The Bertz CT molecular complexity index is 212. The Morgan fingerprint density at radius 1 is 1.11 bits per heavy atom. The van der Waals surface area contributed by atoms with Crippen molar-refractivity contribution in [3.8, 4) is 0 Å². The van der Waals surface area contributed by atoms with Gasteiger partial charge in [0.15, 0.2) is 0 Å². The molecule has 0 aromatic rings. The molecular weight excluding hydrogens is 248 g/mol. The molecule has 5 heteroatoms. The van der Waals surface area contributed by atoms with Crippen molar-refractivity contribution in [2.45, 2.75) is 58.0 Å². The van der Waals surface area contributed by atoms with Crippen LogP contribution in [0.25, 0.3) is 0 Å². The molecule has 0 aromatic heterocycles. The molecule has 3 atom stereocenters. The first kappa shape index (κ1) is 16.9. The van der Waals surface area contributed by atoms with Gasteiger partial charge in [-0.15, -0.1) is 0 Å². The molecular formula is C14H28O5. The van der Waals surface area contributed by atoms with Crippen LogP contribution in [0, 0.1) is 11.8 Å². The van der Waals surface area contributed by atoms with Crippen LogP contribution in [0.15, 0.2) is 0 Å². The van der Waals surface area contributed by atoms with E-state index < -0.39 is 6.10 Å². The van der Waals surface area contributed by atoms with Gasteiger partial charge < -0.3 is 10.2 Å². The summed E-state index contributed by atoms with van der Waals surface area (Å²) in [5, 5.41) is 23.3. The van der Waals surface area contributed by atoms with E-state index in [0.717, 1.165) is 25.7 Å². The Labute approximate surface area is 115 Å². The minimum atomic E-state index is -0.639. The van der Waals surface area contributed by atoms with Crippen LogP contribution in [0.3, 0.4) is 0 Å². The summed E-state index contributed by atoms with van der Waals surface area (Å²) in [7, 11) is 0. The third-order valence-corrected chi connectivity index (χ3v) is 3.82. The van der Waals surface area contributed by atoms with Gasteiger partial charge in [0.2, 0.25) is 0 Å². The third-order valence-electron chi connectivity index (χ3n) is 3.82. The SMILES string of the molecule is CC1COOOCCCCCCCC1CC(O)CO. The summed E-state index contributed by atoms with van der Waals surface area (Å²) in [6.07, 6.45) is 6.74. The van der Waals surface area contributed by atoms with Crippen LogP contribution in [0.1, 0.15) is 51.9 Å². The smallest absolute Gasteiger partial charge is 0.0882 e. The fourth-order valence-corrected chi connectivity index (χ4v) is 2.50. The topological polar surface area (TPSA) is 68.2 Å². The monoisotopic (exact) mass is 276 g/mol. The van der Waals surface area contributed by atoms with Crippen LogP contribution >= 0.6 is 0 Å². The van der Waals surface area contributed by atoms with Crippen molar-refractivity contribution >= 4 is 0 Å². The van der Waals surface area contributed by atoms with Crippen LogP contribution in [0.2, 0.25) is 0 Å². The summed E-state index contributed by atoms with van der Waals surface area (Å²) >= 11 is 0. The van der Waals surface area contributed by atoms with E-state index in [1.165, 1.54) is 12.8 Å². The molecule has 1 aliphatic rings. The minimum Gasteiger partial charge on any atom is -0.394 e. The highest BCUT2D eigenvalue weighted by Crippen LogP contribution is 2.25. The van der Waals surface area contributed by atoms with E-state index >= 15 is 0 Å². The van der Waals surface area contributed by atoms with Gasteiger partial charge in [-0.3, -0.25) is 0 Å². The summed E-state index contributed by atoms with van der Waals surface area (Å²) in [5.74, 6) is 0.608. The van der Waals surface area contributed by atoms with Gasteiger partial charge in [0.25, 0.3) is 0 Å². The van der Waals surface area contributed by atoms with E-state index in [-0.39, 0.29) is 12.5 Å².